The normalized spacial score (nSPS) is 24.5. The first-order chi connectivity index (χ1) is 9.14. The van der Waals surface area contributed by atoms with Crippen LogP contribution in [0.4, 0.5) is 0 Å². The highest BCUT2D eigenvalue weighted by Gasteiger charge is 2.36. The van der Waals surface area contributed by atoms with E-state index in [4.69, 9.17) is 0 Å². The van der Waals surface area contributed by atoms with Crippen molar-refractivity contribution in [2.75, 3.05) is 13.6 Å². The first-order valence-electron chi connectivity index (χ1n) is 8.09. The number of hydrogen-bond acceptors (Lipinski definition) is 2. The van der Waals surface area contributed by atoms with Gasteiger partial charge in [0, 0.05) is 18.5 Å². The number of hydrogen-bond donors (Lipinski definition) is 2. The Bertz CT molecular complexity index is 298. The van der Waals surface area contributed by atoms with Crippen LogP contribution >= 0.6 is 0 Å². The van der Waals surface area contributed by atoms with E-state index < -0.39 is 0 Å². The van der Waals surface area contributed by atoms with Gasteiger partial charge in [-0.2, -0.15) is 0 Å². The smallest absolute Gasteiger partial charge is 0.221 e. The van der Waals surface area contributed by atoms with E-state index in [-0.39, 0.29) is 11.4 Å². The zero-order valence-corrected chi connectivity index (χ0v) is 12.7. The third kappa shape index (κ3) is 3.50. The molecule has 0 aliphatic heterocycles. The molecule has 2 aliphatic rings. The lowest BCUT2D eigenvalue weighted by Gasteiger charge is -2.42. The lowest BCUT2D eigenvalue weighted by Crippen LogP contribution is -2.50. The fourth-order valence-corrected chi connectivity index (χ4v) is 3.73. The van der Waals surface area contributed by atoms with Crippen molar-refractivity contribution < 1.29 is 4.79 Å². The van der Waals surface area contributed by atoms with Crippen LogP contribution in [0.3, 0.4) is 0 Å². The Labute approximate surface area is 117 Å². The predicted octanol–water partition coefficient (Wildman–Crippen LogP) is 3.00. The Balaban J connectivity index is 1.79. The molecule has 0 spiro atoms. The van der Waals surface area contributed by atoms with Crippen molar-refractivity contribution >= 4 is 5.91 Å². The van der Waals surface area contributed by atoms with Crippen molar-refractivity contribution in [3.63, 3.8) is 0 Å². The maximum Gasteiger partial charge on any atom is 0.221 e. The van der Waals surface area contributed by atoms with Crippen LogP contribution in [0.1, 0.15) is 71.1 Å². The van der Waals surface area contributed by atoms with E-state index in [0.29, 0.717) is 11.8 Å². The van der Waals surface area contributed by atoms with E-state index in [1.165, 1.54) is 44.9 Å². The van der Waals surface area contributed by atoms with Gasteiger partial charge in [0.2, 0.25) is 5.91 Å². The van der Waals surface area contributed by atoms with Crippen LogP contribution in [0.5, 0.6) is 0 Å². The molecule has 0 saturated heterocycles. The molecule has 2 saturated carbocycles. The molecule has 2 fully saturated rings. The average molecular weight is 266 g/mol. The second-order valence-corrected chi connectivity index (χ2v) is 6.75. The molecular weight excluding hydrogens is 236 g/mol. The van der Waals surface area contributed by atoms with Gasteiger partial charge >= 0.3 is 0 Å². The maximum absolute atomic E-state index is 12.2. The lowest BCUT2D eigenvalue weighted by molar-refractivity contribution is -0.123. The SMILES string of the molecule is CCC1(CNC(=O)CC2(NC)CCCCC2)CCC1. The summed E-state index contributed by atoms with van der Waals surface area (Å²) in [6, 6.07) is 0. The maximum atomic E-state index is 12.2. The first-order valence-corrected chi connectivity index (χ1v) is 8.09. The highest BCUT2D eigenvalue weighted by molar-refractivity contribution is 5.77. The molecule has 0 atom stereocenters. The van der Waals surface area contributed by atoms with E-state index >= 15 is 0 Å². The highest BCUT2D eigenvalue weighted by atomic mass is 16.1. The van der Waals surface area contributed by atoms with E-state index in [9.17, 15) is 4.79 Å². The molecule has 2 N–H and O–H groups in total. The molecule has 0 radical (unpaired) electrons. The number of carbonyl (C=O) groups is 1. The fourth-order valence-electron chi connectivity index (χ4n) is 3.73. The van der Waals surface area contributed by atoms with Gasteiger partial charge in [0.15, 0.2) is 0 Å². The zero-order chi connectivity index (χ0) is 13.8. The minimum Gasteiger partial charge on any atom is -0.355 e. The second-order valence-electron chi connectivity index (χ2n) is 6.75. The van der Waals surface area contributed by atoms with E-state index in [1.54, 1.807) is 0 Å². The Morgan fingerprint density at radius 1 is 1.05 bits per heavy atom. The summed E-state index contributed by atoms with van der Waals surface area (Å²) in [4.78, 5) is 12.2. The molecular formula is C16H30N2O. The van der Waals surface area contributed by atoms with Gasteiger partial charge < -0.3 is 10.6 Å². The van der Waals surface area contributed by atoms with Crippen molar-refractivity contribution in [1.29, 1.82) is 0 Å². The molecule has 0 aromatic carbocycles. The standard InChI is InChI=1S/C16H30N2O/c1-3-15(8-7-9-15)13-18-14(19)12-16(17-2)10-5-4-6-11-16/h17H,3-13H2,1-2H3,(H,18,19). The molecule has 19 heavy (non-hydrogen) atoms. The monoisotopic (exact) mass is 266 g/mol. The molecule has 0 unspecified atom stereocenters. The highest BCUT2D eigenvalue weighted by Crippen LogP contribution is 2.43. The molecule has 1 amide bonds. The largest absolute Gasteiger partial charge is 0.355 e. The summed E-state index contributed by atoms with van der Waals surface area (Å²) < 4.78 is 0. The van der Waals surface area contributed by atoms with Gasteiger partial charge in [-0.05, 0) is 44.6 Å². The molecule has 0 aromatic rings. The van der Waals surface area contributed by atoms with Gasteiger partial charge in [-0.1, -0.05) is 32.6 Å². The molecule has 0 bridgehead atoms. The predicted molar refractivity (Wildman–Crippen MR) is 79.1 cm³/mol. The van der Waals surface area contributed by atoms with Gasteiger partial charge in [0.05, 0.1) is 0 Å². The van der Waals surface area contributed by atoms with Crippen LogP contribution in [0, 0.1) is 5.41 Å². The lowest BCUT2D eigenvalue weighted by atomic mass is 9.67. The molecule has 3 nitrogen and oxygen atoms in total. The number of nitrogens with one attached hydrogen (secondary N) is 2. The van der Waals surface area contributed by atoms with E-state index in [2.05, 4.69) is 17.6 Å². The fraction of sp³-hybridized carbons (Fsp3) is 0.938. The van der Waals surface area contributed by atoms with Crippen LogP contribution in [0.2, 0.25) is 0 Å². The Hall–Kier alpha value is -0.570. The van der Waals surface area contributed by atoms with Crippen LogP contribution in [0.15, 0.2) is 0 Å². The van der Waals surface area contributed by atoms with Crippen LogP contribution in [-0.2, 0) is 4.79 Å². The first kappa shape index (κ1) is 14.8. The molecule has 0 heterocycles. The molecule has 2 aliphatic carbocycles. The van der Waals surface area contributed by atoms with Gasteiger partial charge in [-0.25, -0.2) is 0 Å². The van der Waals surface area contributed by atoms with Crippen LogP contribution in [0.25, 0.3) is 0 Å². The van der Waals surface area contributed by atoms with Crippen molar-refractivity contribution in [3.05, 3.63) is 0 Å². The Morgan fingerprint density at radius 3 is 2.21 bits per heavy atom. The van der Waals surface area contributed by atoms with Crippen LogP contribution in [-0.4, -0.2) is 25.0 Å². The summed E-state index contributed by atoms with van der Waals surface area (Å²) in [5, 5.41) is 6.63. The summed E-state index contributed by atoms with van der Waals surface area (Å²) in [5.41, 5.74) is 0.496. The minimum absolute atomic E-state index is 0.0708. The van der Waals surface area contributed by atoms with E-state index in [1.807, 2.05) is 7.05 Å². The Kier molecular flexibility index (Phi) is 4.88. The molecule has 3 heteroatoms. The quantitative estimate of drug-likeness (QED) is 0.776. The van der Waals surface area contributed by atoms with Gasteiger partial charge in [0.1, 0.15) is 0 Å². The van der Waals surface area contributed by atoms with Crippen LogP contribution < -0.4 is 10.6 Å². The number of rotatable bonds is 6. The third-order valence-electron chi connectivity index (χ3n) is 5.66. The van der Waals surface area contributed by atoms with Crippen molar-refractivity contribution in [2.24, 2.45) is 5.41 Å². The molecule has 110 valence electrons. The zero-order valence-electron chi connectivity index (χ0n) is 12.7. The summed E-state index contributed by atoms with van der Waals surface area (Å²) >= 11 is 0. The van der Waals surface area contributed by atoms with Crippen molar-refractivity contribution in [2.45, 2.75) is 76.7 Å². The van der Waals surface area contributed by atoms with E-state index in [0.717, 1.165) is 19.4 Å². The van der Waals surface area contributed by atoms with Gasteiger partial charge in [-0.3, -0.25) is 4.79 Å². The minimum atomic E-state index is 0.0708. The third-order valence-corrected chi connectivity index (χ3v) is 5.66. The number of carbonyl (C=O) groups excluding carboxylic acids is 1. The number of amides is 1. The molecule has 0 aromatic heterocycles. The van der Waals surface area contributed by atoms with Crippen molar-refractivity contribution in [3.8, 4) is 0 Å². The van der Waals surface area contributed by atoms with Gasteiger partial charge in [-0.15, -0.1) is 0 Å². The molecule has 2 rings (SSSR count). The summed E-state index contributed by atoms with van der Waals surface area (Å²) in [6.45, 7) is 3.14. The van der Waals surface area contributed by atoms with Crippen molar-refractivity contribution in [1.82, 2.24) is 10.6 Å². The summed E-state index contributed by atoms with van der Waals surface area (Å²) in [5.74, 6) is 0.246. The Morgan fingerprint density at radius 2 is 1.74 bits per heavy atom. The summed E-state index contributed by atoms with van der Waals surface area (Å²) in [7, 11) is 2.01. The topological polar surface area (TPSA) is 41.1 Å². The average Bonchev–Trinajstić information content (AvgIpc) is 2.39. The second kappa shape index (κ2) is 6.25. The van der Waals surface area contributed by atoms with Gasteiger partial charge in [0.25, 0.3) is 0 Å². The summed E-state index contributed by atoms with van der Waals surface area (Å²) in [6.07, 6.45) is 11.9.